The maximum atomic E-state index is 11.6. The van der Waals surface area contributed by atoms with Crippen molar-refractivity contribution in [2.24, 2.45) is 11.8 Å². The van der Waals surface area contributed by atoms with Crippen LogP contribution in [0.3, 0.4) is 0 Å². The van der Waals surface area contributed by atoms with E-state index in [0.29, 0.717) is 18.6 Å². The fourth-order valence-electron chi connectivity index (χ4n) is 6.95. The number of nitrogens with zero attached hydrogens (tertiary/aromatic N) is 1. The van der Waals surface area contributed by atoms with Gasteiger partial charge < -0.3 is 15.2 Å². The van der Waals surface area contributed by atoms with Gasteiger partial charge in [0, 0.05) is 35.6 Å². The normalized spacial score (nSPS) is 42.3. The van der Waals surface area contributed by atoms with Crippen molar-refractivity contribution < 1.29 is 14.6 Å². The summed E-state index contributed by atoms with van der Waals surface area (Å²) >= 11 is 0. The number of carboxylic acids is 1. The molecule has 5 aliphatic rings. The Bertz CT molecular complexity index is 821. The molecule has 3 fully saturated rings. The van der Waals surface area contributed by atoms with Gasteiger partial charge in [-0.15, -0.1) is 0 Å². The number of carboxylic acid groups (broad SMARTS) is 1. The molecule has 6 atom stereocenters. The van der Waals surface area contributed by atoms with Gasteiger partial charge in [-0.3, -0.25) is 9.69 Å². The van der Waals surface area contributed by atoms with Crippen LogP contribution in [0.5, 0.6) is 0 Å². The number of anilines is 1. The van der Waals surface area contributed by atoms with Gasteiger partial charge in [-0.1, -0.05) is 29.8 Å². The van der Waals surface area contributed by atoms with Crippen molar-refractivity contribution in [3.8, 4) is 0 Å². The van der Waals surface area contributed by atoms with Crippen molar-refractivity contribution in [3.63, 3.8) is 0 Å². The summed E-state index contributed by atoms with van der Waals surface area (Å²) in [5.41, 5.74) is 4.28. The molecule has 2 N–H and O–H groups in total. The second kappa shape index (κ2) is 5.11. The fraction of sp³-hybridized carbons (Fsp3) is 0.571. The Morgan fingerprint density at radius 2 is 2.27 bits per heavy atom. The fourth-order valence-corrected chi connectivity index (χ4v) is 6.95. The molecule has 1 aliphatic carbocycles. The molecule has 5 heteroatoms. The summed E-state index contributed by atoms with van der Waals surface area (Å²) in [6, 6.07) is 9.56. The minimum atomic E-state index is -0.756. The number of rotatable bonds is 2. The molecule has 2 saturated heterocycles. The number of para-hydroxylation sites is 1. The molecule has 0 amide bonds. The monoisotopic (exact) mass is 352 g/mol. The molecule has 6 rings (SSSR count). The summed E-state index contributed by atoms with van der Waals surface area (Å²) in [4.78, 5) is 14.2. The van der Waals surface area contributed by atoms with E-state index in [0.717, 1.165) is 25.9 Å². The Kier molecular flexibility index (Phi) is 2.99. The topological polar surface area (TPSA) is 61.8 Å². The number of hydrogen-bond donors (Lipinski definition) is 2. The second-order valence-corrected chi connectivity index (χ2v) is 8.61. The first-order valence-corrected chi connectivity index (χ1v) is 9.81. The van der Waals surface area contributed by atoms with Crippen LogP contribution in [-0.4, -0.2) is 53.9 Å². The van der Waals surface area contributed by atoms with Gasteiger partial charge in [0.05, 0.1) is 19.1 Å². The Morgan fingerprint density at radius 3 is 3.15 bits per heavy atom. The first-order valence-electron chi connectivity index (χ1n) is 9.81. The minimum Gasteiger partial charge on any atom is -0.481 e. The van der Waals surface area contributed by atoms with E-state index in [-0.39, 0.29) is 29.9 Å². The van der Waals surface area contributed by atoms with Crippen LogP contribution in [0, 0.1) is 11.8 Å². The predicted octanol–water partition coefficient (Wildman–Crippen LogP) is 2.24. The molecule has 0 aromatic heterocycles. The van der Waals surface area contributed by atoms with Gasteiger partial charge in [-0.25, -0.2) is 0 Å². The number of piperidine rings is 1. The molecule has 136 valence electrons. The first kappa shape index (κ1) is 15.2. The van der Waals surface area contributed by atoms with Gasteiger partial charge in [0.1, 0.15) is 0 Å². The molecule has 2 bridgehead atoms. The predicted molar refractivity (Wildman–Crippen MR) is 97.2 cm³/mol. The Hall–Kier alpha value is -1.85. The molecule has 1 aromatic carbocycles. The van der Waals surface area contributed by atoms with Gasteiger partial charge in [0.2, 0.25) is 0 Å². The van der Waals surface area contributed by atoms with Crippen LogP contribution in [0.1, 0.15) is 24.8 Å². The lowest BCUT2D eigenvalue weighted by molar-refractivity contribution is -0.142. The highest BCUT2D eigenvalue weighted by Crippen LogP contribution is 2.62. The highest BCUT2D eigenvalue weighted by molar-refractivity contribution is 5.68. The van der Waals surface area contributed by atoms with E-state index in [4.69, 9.17) is 4.74 Å². The highest BCUT2D eigenvalue weighted by Gasteiger charge is 2.66. The second-order valence-electron chi connectivity index (χ2n) is 8.61. The third-order valence-corrected chi connectivity index (χ3v) is 7.79. The van der Waals surface area contributed by atoms with Crippen LogP contribution in [0.25, 0.3) is 0 Å². The van der Waals surface area contributed by atoms with Crippen LogP contribution < -0.4 is 5.32 Å². The van der Waals surface area contributed by atoms with Crippen molar-refractivity contribution in [2.75, 3.05) is 25.0 Å². The molecular weight excluding hydrogens is 328 g/mol. The van der Waals surface area contributed by atoms with Crippen molar-refractivity contribution in [2.45, 2.75) is 42.9 Å². The molecule has 0 unspecified atom stereocenters. The van der Waals surface area contributed by atoms with E-state index in [9.17, 15) is 9.90 Å². The SMILES string of the molecule is O=C(O)C[C@@H]1OCC=C2CN3CC[C@@]45c6ccccc6N[C@@H]4[C@H]1[C@H]2C[C@@H]35. The molecule has 5 nitrogen and oxygen atoms in total. The zero-order valence-electron chi connectivity index (χ0n) is 14.7. The van der Waals surface area contributed by atoms with Crippen molar-refractivity contribution in [3.05, 3.63) is 41.5 Å². The van der Waals surface area contributed by atoms with Crippen LogP contribution in [0.15, 0.2) is 35.9 Å². The molecule has 1 aromatic rings. The molecular formula is C21H24N2O3. The van der Waals surface area contributed by atoms with E-state index >= 15 is 0 Å². The van der Waals surface area contributed by atoms with Crippen molar-refractivity contribution in [1.29, 1.82) is 0 Å². The van der Waals surface area contributed by atoms with Gasteiger partial charge in [-0.2, -0.15) is 0 Å². The molecule has 26 heavy (non-hydrogen) atoms. The standard InChI is InChI=1S/C21H24N2O3/c24-18(25)10-16-19-13-9-17-21(6-7-23(17)11-12(13)5-8-26-16)14-3-1-2-4-15(14)22-20(19)21/h1-5,13,16-17,19-20,22H,6-11H2,(H,24,25)/t13-,16-,17+,19-,20+,21-/m0/s1. The van der Waals surface area contributed by atoms with E-state index < -0.39 is 5.97 Å². The summed E-state index contributed by atoms with van der Waals surface area (Å²) < 4.78 is 6.13. The van der Waals surface area contributed by atoms with E-state index in [1.165, 1.54) is 16.8 Å². The van der Waals surface area contributed by atoms with E-state index in [2.05, 4.69) is 40.6 Å². The van der Waals surface area contributed by atoms with Crippen LogP contribution in [-0.2, 0) is 14.9 Å². The van der Waals surface area contributed by atoms with Crippen LogP contribution >= 0.6 is 0 Å². The third kappa shape index (κ3) is 1.75. The van der Waals surface area contributed by atoms with E-state index in [1.54, 1.807) is 0 Å². The third-order valence-electron chi connectivity index (χ3n) is 7.79. The number of ether oxygens (including phenoxy) is 1. The summed E-state index contributed by atoms with van der Waals surface area (Å²) in [5, 5.41) is 13.3. The average Bonchev–Trinajstić information content (AvgIpc) is 3.11. The van der Waals surface area contributed by atoms with Gasteiger partial charge >= 0.3 is 5.97 Å². The number of hydrogen-bond acceptors (Lipinski definition) is 4. The number of fused-ring (bicyclic) bond motifs is 2. The minimum absolute atomic E-state index is 0.0985. The van der Waals surface area contributed by atoms with Crippen LogP contribution in [0.2, 0.25) is 0 Å². The van der Waals surface area contributed by atoms with Gasteiger partial charge in [0.25, 0.3) is 0 Å². The van der Waals surface area contributed by atoms with E-state index in [1.807, 2.05) is 0 Å². The first-order chi connectivity index (χ1) is 12.7. The zero-order chi connectivity index (χ0) is 17.5. The lowest BCUT2D eigenvalue weighted by Crippen LogP contribution is -2.64. The summed E-state index contributed by atoms with van der Waals surface area (Å²) in [6.45, 7) is 2.72. The lowest BCUT2D eigenvalue weighted by Gasteiger charge is -2.55. The molecule has 4 heterocycles. The number of nitrogens with one attached hydrogen (secondary N) is 1. The highest BCUT2D eigenvalue weighted by atomic mass is 16.5. The van der Waals surface area contributed by atoms with Crippen molar-refractivity contribution in [1.82, 2.24) is 4.90 Å². The quantitative estimate of drug-likeness (QED) is 0.800. The number of aliphatic carboxylic acids is 1. The molecule has 0 radical (unpaired) electrons. The number of benzene rings is 1. The number of carbonyl (C=O) groups is 1. The van der Waals surface area contributed by atoms with Crippen LogP contribution in [0.4, 0.5) is 5.69 Å². The molecule has 1 spiro atoms. The Morgan fingerprint density at radius 1 is 1.38 bits per heavy atom. The average molecular weight is 352 g/mol. The largest absolute Gasteiger partial charge is 0.481 e. The van der Waals surface area contributed by atoms with Gasteiger partial charge in [0.15, 0.2) is 0 Å². The summed E-state index contributed by atoms with van der Waals surface area (Å²) in [5.74, 6) is -0.0844. The lowest BCUT2D eigenvalue weighted by atomic mass is 9.54. The van der Waals surface area contributed by atoms with Gasteiger partial charge in [-0.05, 0) is 36.9 Å². The summed E-state index contributed by atoms with van der Waals surface area (Å²) in [6.07, 6.45) is 4.42. The molecule has 4 aliphatic heterocycles. The maximum absolute atomic E-state index is 11.6. The zero-order valence-corrected chi connectivity index (χ0v) is 14.7. The Balaban J connectivity index is 1.53. The summed E-state index contributed by atoms with van der Waals surface area (Å²) in [7, 11) is 0. The molecule has 1 saturated carbocycles. The smallest absolute Gasteiger partial charge is 0.305 e. The Labute approximate surface area is 153 Å². The van der Waals surface area contributed by atoms with Crippen molar-refractivity contribution >= 4 is 11.7 Å². The maximum Gasteiger partial charge on any atom is 0.305 e.